The maximum absolute atomic E-state index is 12.7. The largest absolute Gasteiger partial charge is 0.433 e. The summed E-state index contributed by atoms with van der Waals surface area (Å²) in [6.07, 6.45) is 1.00. The van der Waals surface area contributed by atoms with Crippen LogP contribution in [0.25, 0.3) is 5.57 Å². The van der Waals surface area contributed by atoms with Gasteiger partial charge >= 0.3 is 6.18 Å². The first kappa shape index (κ1) is 15.2. The zero-order valence-corrected chi connectivity index (χ0v) is 12.0. The molecule has 0 radical (unpaired) electrons. The first-order valence-corrected chi connectivity index (χ1v) is 7.00. The first-order valence-electron chi connectivity index (χ1n) is 7.00. The number of benzene rings is 1. The van der Waals surface area contributed by atoms with Crippen LogP contribution in [0.3, 0.4) is 0 Å². The monoisotopic (exact) mass is 318 g/mol. The van der Waals surface area contributed by atoms with Gasteiger partial charge in [-0.05, 0) is 30.2 Å². The van der Waals surface area contributed by atoms with Gasteiger partial charge in [0.05, 0.1) is 0 Å². The molecule has 1 aromatic heterocycles. The summed E-state index contributed by atoms with van der Waals surface area (Å²) in [5, 5.41) is 2.87. The van der Waals surface area contributed by atoms with Crippen LogP contribution in [0.1, 0.15) is 17.7 Å². The molecule has 1 aromatic carbocycles. The van der Waals surface area contributed by atoms with Gasteiger partial charge in [-0.25, -0.2) is 9.97 Å². The van der Waals surface area contributed by atoms with Crippen molar-refractivity contribution in [2.24, 2.45) is 4.99 Å². The molecule has 1 N–H and O–H groups in total. The Kier molecular flexibility index (Phi) is 4.10. The Labute approximate surface area is 130 Å². The van der Waals surface area contributed by atoms with Gasteiger partial charge in [-0.15, -0.1) is 0 Å². The molecule has 0 saturated heterocycles. The third-order valence-corrected chi connectivity index (χ3v) is 3.36. The van der Waals surface area contributed by atoms with Gasteiger partial charge in [-0.1, -0.05) is 18.2 Å². The van der Waals surface area contributed by atoms with E-state index in [9.17, 15) is 13.2 Å². The summed E-state index contributed by atoms with van der Waals surface area (Å²) >= 11 is 0. The Morgan fingerprint density at radius 2 is 1.91 bits per heavy atom. The molecule has 0 amide bonds. The SMILES string of the molecule is FC(F)(F)c1ccnc(Nc2ccccc2C2=CC=NCC2)n1. The zero-order valence-electron chi connectivity index (χ0n) is 12.0. The van der Waals surface area contributed by atoms with Gasteiger partial charge in [0.25, 0.3) is 0 Å². The van der Waals surface area contributed by atoms with Gasteiger partial charge in [-0.3, -0.25) is 4.99 Å². The summed E-state index contributed by atoms with van der Waals surface area (Å²) in [6.45, 7) is 0.695. The fraction of sp³-hybridized carbons (Fsp3) is 0.188. The average Bonchev–Trinajstić information content (AvgIpc) is 2.56. The molecule has 0 aliphatic carbocycles. The second kappa shape index (κ2) is 6.20. The molecule has 23 heavy (non-hydrogen) atoms. The van der Waals surface area contributed by atoms with Crippen molar-refractivity contribution in [3.63, 3.8) is 0 Å². The number of anilines is 2. The average molecular weight is 318 g/mol. The van der Waals surface area contributed by atoms with E-state index in [-0.39, 0.29) is 5.95 Å². The third-order valence-electron chi connectivity index (χ3n) is 3.36. The number of hydrogen-bond acceptors (Lipinski definition) is 4. The quantitative estimate of drug-likeness (QED) is 0.927. The van der Waals surface area contributed by atoms with Crippen LogP contribution >= 0.6 is 0 Å². The van der Waals surface area contributed by atoms with Gasteiger partial charge in [-0.2, -0.15) is 13.2 Å². The lowest BCUT2D eigenvalue weighted by Crippen LogP contribution is -2.10. The fourth-order valence-corrected chi connectivity index (χ4v) is 2.28. The van der Waals surface area contributed by atoms with E-state index in [2.05, 4.69) is 20.3 Å². The lowest BCUT2D eigenvalue weighted by Gasteiger charge is -2.15. The number of para-hydroxylation sites is 1. The first-order chi connectivity index (χ1) is 11.0. The lowest BCUT2D eigenvalue weighted by molar-refractivity contribution is -0.141. The number of halogens is 3. The van der Waals surface area contributed by atoms with Crippen LogP contribution in [0.15, 0.2) is 47.6 Å². The normalized spacial score (nSPS) is 14.5. The highest BCUT2D eigenvalue weighted by atomic mass is 19.4. The number of nitrogens with one attached hydrogen (secondary N) is 1. The number of hydrogen-bond donors (Lipinski definition) is 1. The maximum atomic E-state index is 12.7. The second-order valence-corrected chi connectivity index (χ2v) is 4.93. The molecular weight excluding hydrogens is 305 g/mol. The van der Waals surface area contributed by atoms with E-state index in [0.29, 0.717) is 12.2 Å². The molecule has 1 aliphatic rings. The molecule has 0 fully saturated rings. The van der Waals surface area contributed by atoms with Crippen molar-refractivity contribution >= 4 is 23.4 Å². The van der Waals surface area contributed by atoms with Crippen LogP contribution in [0.5, 0.6) is 0 Å². The number of alkyl halides is 3. The van der Waals surface area contributed by atoms with Gasteiger partial charge in [0.15, 0.2) is 0 Å². The van der Waals surface area contributed by atoms with Crippen LogP contribution in [0.2, 0.25) is 0 Å². The number of dihydropyridines is 1. The van der Waals surface area contributed by atoms with Crippen molar-refractivity contribution in [1.29, 1.82) is 0 Å². The van der Waals surface area contributed by atoms with Gasteiger partial charge in [0.1, 0.15) is 5.69 Å². The Bertz CT molecular complexity index is 766. The highest BCUT2D eigenvalue weighted by molar-refractivity contribution is 5.89. The Hall–Kier alpha value is -2.70. The van der Waals surface area contributed by atoms with E-state index in [1.165, 1.54) is 0 Å². The number of allylic oxidation sites excluding steroid dienone is 1. The predicted molar refractivity (Wildman–Crippen MR) is 82.7 cm³/mol. The van der Waals surface area contributed by atoms with E-state index in [1.807, 2.05) is 18.2 Å². The van der Waals surface area contributed by atoms with Crippen LogP contribution in [-0.2, 0) is 6.18 Å². The third kappa shape index (κ3) is 3.56. The summed E-state index contributed by atoms with van der Waals surface area (Å²) in [7, 11) is 0. The van der Waals surface area contributed by atoms with E-state index >= 15 is 0 Å². The predicted octanol–water partition coefficient (Wildman–Crippen LogP) is 4.10. The lowest BCUT2D eigenvalue weighted by atomic mass is 9.99. The summed E-state index contributed by atoms with van der Waals surface area (Å²) in [6, 6.07) is 8.21. The van der Waals surface area contributed by atoms with Crippen molar-refractivity contribution in [1.82, 2.24) is 9.97 Å². The molecule has 7 heteroatoms. The minimum atomic E-state index is -4.50. The van der Waals surface area contributed by atoms with E-state index in [0.717, 1.165) is 29.8 Å². The summed E-state index contributed by atoms with van der Waals surface area (Å²) < 4.78 is 38.2. The maximum Gasteiger partial charge on any atom is 0.433 e. The van der Waals surface area contributed by atoms with E-state index < -0.39 is 11.9 Å². The molecule has 0 saturated carbocycles. The van der Waals surface area contributed by atoms with Crippen molar-refractivity contribution in [2.75, 3.05) is 11.9 Å². The minimum Gasteiger partial charge on any atom is -0.324 e. The Morgan fingerprint density at radius 1 is 1.09 bits per heavy atom. The molecule has 3 rings (SSSR count). The standard InChI is InChI=1S/C16H13F3N4/c17-16(18,19)14-7-10-21-15(23-14)22-13-4-2-1-3-12(13)11-5-8-20-9-6-11/h1-5,7-8,10H,6,9H2,(H,21,22,23). The molecule has 2 heterocycles. The fourth-order valence-electron chi connectivity index (χ4n) is 2.28. The highest BCUT2D eigenvalue weighted by Crippen LogP contribution is 2.30. The topological polar surface area (TPSA) is 50.2 Å². The zero-order chi connectivity index (χ0) is 16.3. The van der Waals surface area contributed by atoms with Crippen molar-refractivity contribution in [3.8, 4) is 0 Å². The summed E-state index contributed by atoms with van der Waals surface area (Å²) in [5.41, 5.74) is 1.65. The molecule has 4 nitrogen and oxygen atoms in total. The number of aliphatic imine (C=N–C) groups is 1. The van der Waals surface area contributed by atoms with Crippen molar-refractivity contribution < 1.29 is 13.2 Å². The van der Waals surface area contributed by atoms with Gasteiger partial charge < -0.3 is 5.32 Å². The van der Waals surface area contributed by atoms with E-state index in [1.54, 1.807) is 18.3 Å². The Morgan fingerprint density at radius 3 is 2.65 bits per heavy atom. The molecule has 0 spiro atoms. The minimum absolute atomic E-state index is 0.0858. The second-order valence-electron chi connectivity index (χ2n) is 4.93. The van der Waals surface area contributed by atoms with Crippen molar-refractivity contribution in [3.05, 3.63) is 53.9 Å². The van der Waals surface area contributed by atoms with Crippen LogP contribution in [0, 0.1) is 0 Å². The number of nitrogens with zero attached hydrogens (tertiary/aromatic N) is 3. The molecule has 0 atom stereocenters. The number of rotatable bonds is 3. The highest BCUT2D eigenvalue weighted by Gasteiger charge is 2.32. The van der Waals surface area contributed by atoms with Gasteiger partial charge in [0.2, 0.25) is 5.95 Å². The molecule has 0 bridgehead atoms. The summed E-state index contributed by atoms with van der Waals surface area (Å²) in [5.74, 6) is -0.0858. The van der Waals surface area contributed by atoms with Crippen LogP contribution in [-0.4, -0.2) is 22.7 Å². The van der Waals surface area contributed by atoms with E-state index in [4.69, 9.17) is 0 Å². The molecule has 0 unspecified atom stereocenters. The summed E-state index contributed by atoms with van der Waals surface area (Å²) in [4.78, 5) is 11.5. The molecule has 2 aromatic rings. The van der Waals surface area contributed by atoms with Crippen LogP contribution in [0.4, 0.5) is 24.8 Å². The molecular formula is C16H13F3N4. The number of aromatic nitrogens is 2. The van der Waals surface area contributed by atoms with Crippen LogP contribution < -0.4 is 5.32 Å². The Balaban J connectivity index is 1.92. The molecule has 1 aliphatic heterocycles. The van der Waals surface area contributed by atoms with Gasteiger partial charge in [0, 0.05) is 30.2 Å². The van der Waals surface area contributed by atoms with Crippen molar-refractivity contribution in [2.45, 2.75) is 12.6 Å². The smallest absolute Gasteiger partial charge is 0.324 e. The molecule has 118 valence electrons.